The third kappa shape index (κ3) is 3.76. The summed E-state index contributed by atoms with van der Waals surface area (Å²) in [6.45, 7) is 7.67. The van der Waals surface area contributed by atoms with Crippen LogP contribution >= 0.6 is 0 Å². The van der Waals surface area contributed by atoms with Crippen LogP contribution in [0.5, 0.6) is 5.75 Å². The van der Waals surface area contributed by atoms with Gasteiger partial charge in [0.05, 0.1) is 13.2 Å². The summed E-state index contributed by atoms with van der Waals surface area (Å²) in [5.74, 6) is 0.906. The summed E-state index contributed by atoms with van der Waals surface area (Å²) in [7, 11) is 3.91. The van der Waals surface area contributed by atoms with Crippen LogP contribution in [0.1, 0.15) is 31.9 Å². The van der Waals surface area contributed by atoms with Crippen LogP contribution < -0.4 is 10.5 Å². The van der Waals surface area contributed by atoms with Crippen LogP contribution in [0.3, 0.4) is 0 Å². The Morgan fingerprint density at radius 2 is 2.14 bits per heavy atom. The molecule has 3 unspecified atom stereocenters. The van der Waals surface area contributed by atoms with E-state index in [1.807, 2.05) is 6.07 Å². The quantitative estimate of drug-likeness (QED) is 0.902. The average molecular weight is 291 g/mol. The summed E-state index contributed by atoms with van der Waals surface area (Å²) in [6.07, 6.45) is 0.975. The fourth-order valence-corrected chi connectivity index (χ4v) is 3.11. The zero-order chi connectivity index (χ0) is 15.4. The minimum absolute atomic E-state index is 0.146. The van der Waals surface area contributed by atoms with Crippen LogP contribution in [-0.2, 0) is 0 Å². The van der Waals surface area contributed by atoms with Crippen molar-refractivity contribution < 1.29 is 4.74 Å². The van der Waals surface area contributed by atoms with Crippen molar-refractivity contribution >= 4 is 0 Å². The molecule has 0 amide bonds. The molecule has 1 saturated heterocycles. The summed E-state index contributed by atoms with van der Waals surface area (Å²) in [5, 5.41) is 0. The Bertz CT molecular complexity index is 451. The zero-order valence-electron chi connectivity index (χ0n) is 13.7. The molecule has 1 aromatic rings. The van der Waals surface area contributed by atoms with Gasteiger partial charge in [-0.1, -0.05) is 19.1 Å². The Kier molecular flexibility index (Phi) is 5.62. The van der Waals surface area contributed by atoms with Crippen LogP contribution in [0.2, 0.25) is 0 Å². The number of nitrogens with two attached hydrogens (primary N) is 1. The molecular formula is C17H29N3O. The van der Waals surface area contributed by atoms with Crippen molar-refractivity contribution in [2.75, 3.05) is 33.8 Å². The van der Waals surface area contributed by atoms with Crippen molar-refractivity contribution in [3.05, 3.63) is 29.8 Å². The Balaban J connectivity index is 2.25. The van der Waals surface area contributed by atoms with Crippen LogP contribution in [-0.4, -0.2) is 55.7 Å². The topological polar surface area (TPSA) is 41.7 Å². The second-order valence-corrected chi connectivity index (χ2v) is 6.12. The maximum absolute atomic E-state index is 6.46. The number of methoxy groups -OCH3 is 1. The third-order valence-electron chi connectivity index (χ3n) is 4.70. The predicted molar refractivity (Wildman–Crippen MR) is 87.7 cm³/mol. The van der Waals surface area contributed by atoms with Gasteiger partial charge in [0.2, 0.25) is 0 Å². The Hall–Kier alpha value is -1.10. The van der Waals surface area contributed by atoms with Gasteiger partial charge in [0.15, 0.2) is 0 Å². The summed E-state index contributed by atoms with van der Waals surface area (Å²) in [4.78, 5) is 4.95. The SMILES string of the molecule is CCC(N)C(c1cccc(OC)c1)N1CCN(C)C(C)C1. The van der Waals surface area contributed by atoms with Crippen LogP contribution in [0.15, 0.2) is 24.3 Å². The van der Waals surface area contributed by atoms with Crippen molar-refractivity contribution in [3.8, 4) is 5.75 Å². The molecule has 0 spiro atoms. The van der Waals surface area contributed by atoms with Gasteiger partial charge in [0.1, 0.15) is 5.75 Å². The van der Waals surface area contributed by atoms with Gasteiger partial charge in [-0.05, 0) is 38.1 Å². The molecule has 21 heavy (non-hydrogen) atoms. The second-order valence-electron chi connectivity index (χ2n) is 6.12. The standard InChI is InChI=1S/C17H29N3O/c1-5-16(18)17(14-7-6-8-15(11-14)21-4)20-10-9-19(3)13(2)12-20/h6-8,11,13,16-17H,5,9-10,12,18H2,1-4H3. The van der Waals surface area contributed by atoms with Crippen molar-refractivity contribution in [3.63, 3.8) is 0 Å². The maximum atomic E-state index is 6.46. The highest BCUT2D eigenvalue weighted by molar-refractivity contribution is 5.31. The van der Waals surface area contributed by atoms with Crippen molar-refractivity contribution in [2.24, 2.45) is 5.73 Å². The molecule has 0 aromatic heterocycles. The molecule has 1 aliphatic heterocycles. The molecule has 1 heterocycles. The molecule has 1 fully saturated rings. The van der Waals surface area contributed by atoms with E-state index in [4.69, 9.17) is 10.5 Å². The van der Waals surface area contributed by atoms with Crippen molar-refractivity contribution in [2.45, 2.75) is 38.4 Å². The highest BCUT2D eigenvalue weighted by Gasteiger charge is 2.30. The second kappa shape index (κ2) is 7.25. The lowest BCUT2D eigenvalue weighted by Crippen LogP contribution is -2.54. The Morgan fingerprint density at radius 1 is 1.38 bits per heavy atom. The maximum Gasteiger partial charge on any atom is 0.119 e. The normalized spacial score (nSPS) is 23.8. The first kappa shape index (κ1) is 16.3. The molecule has 1 aliphatic rings. The molecule has 0 saturated carbocycles. The molecule has 3 atom stereocenters. The monoisotopic (exact) mass is 291 g/mol. The van der Waals surface area contributed by atoms with E-state index in [1.54, 1.807) is 7.11 Å². The number of benzene rings is 1. The smallest absolute Gasteiger partial charge is 0.119 e. The molecule has 1 aromatic carbocycles. The van der Waals surface area contributed by atoms with E-state index >= 15 is 0 Å². The number of ether oxygens (including phenoxy) is 1. The number of hydrogen-bond acceptors (Lipinski definition) is 4. The first-order valence-corrected chi connectivity index (χ1v) is 7.90. The molecule has 0 aliphatic carbocycles. The number of piperazine rings is 1. The predicted octanol–water partition coefficient (Wildman–Crippen LogP) is 2.11. The number of nitrogens with zero attached hydrogens (tertiary/aromatic N) is 2. The van der Waals surface area contributed by atoms with Gasteiger partial charge in [-0.15, -0.1) is 0 Å². The summed E-state index contributed by atoms with van der Waals surface area (Å²) in [6, 6.07) is 9.33. The molecule has 0 radical (unpaired) electrons. The Morgan fingerprint density at radius 3 is 2.76 bits per heavy atom. The van der Waals surface area contributed by atoms with Gasteiger partial charge in [-0.25, -0.2) is 0 Å². The Labute approximate surface area is 128 Å². The van der Waals surface area contributed by atoms with Gasteiger partial charge in [-0.2, -0.15) is 0 Å². The number of rotatable bonds is 5. The fourth-order valence-electron chi connectivity index (χ4n) is 3.11. The molecule has 0 bridgehead atoms. The molecular weight excluding hydrogens is 262 g/mol. The molecule has 118 valence electrons. The van der Waals surface area contributed by atoms with Crippen molar-refractivity contribution in [1.82, 2.24) is 9.80 Å². The lowest BCUT2D eigenvalue weighted by atomic mass is 9.94. The minimum Gasteiger partial charge on any atom is -0.497 e. The molecule has 4 nitrogen and oxygen atoms in total. The van der Waals surface area contributed by atoms with E-state index in [2.05, 4.69) is 48.9 Å². The highest BCUT2D eigenvalue weighted by atomic mass is 16.5. The molecule has 2 N–H and O–H groups in total. The molecule has 2 rings (SSSR count). The van der Waals surface area contributed by atoms with Crippen molar-refractivity contribution in [1.29, 1.82) is 0 Å². The van der Waals surface area contributed by atoms with E-state index in [0.29, 0.717) is 6.04 Å². The first-order valence-electron chi connectivity index (χ1n) is 7.90. The van der Waals surface area contributed by atoms with Gasteiger partial charge >= 0.3 is 0 Å². The first-order chi connectivity index (χ1) is 10.1. The lowest BCUT2D eigenvalue weighted by molar-refractivity contribution is 0.0611. The average Bonchev–Trinajstić information content (AvgIpc) is 2.51. The summed E-state index contributed by atoms with van der Waals surface area (Å²) >= 11 is 0. The largest absolute Gasteiger partial charge is 0.497 e. The van der Waals surface area contributed by atoms with E-state index in [0.717, 1.165) is 31.8 Å². The van der Waals surface area contributed by atoms with E-state index < -0.39 is 0 Å². The summed E-state index contributed by atoms with van der Waals surface area (Å²) in [5.41, 5.74) is 7.72. The van der Waals surface area contributed by atoms with Crippen LogP contribution in [0.25, 0.3) is 0 Å². The van der Waals surface area contributed by atoms with Gasteiger partial charge in [-0.3, -0.25) is 4.90 Å². The molecule has 4 heteroatoms. The van der Waals surface area contributed by atoms with Crippen LogP contribution in [0, 0.1) is 0 Å². The van der Waals surface area contributed by atoms with Crippen LogP contribution in [0.4, 0.5) is 0 Å². The van der Waals surface area contributed by atoms with E-state index in [1.165, 1.54) is 5.56 Å². The van der Waals surface area contributed by atoms with E-state index in [9.17, 15) is 0 Å². The lowest BCUT2D eigenvalue weighted by Gasteiger charge is -2.43. The van der Waals surface area contributed by atoms with Gasteiger partial charge in [0.25, 0.3) is 0 Å². The number of likely N-dealkylation sites (N-methyl/N-ethyl adjacent to an activating group) is 1. The highest BCUT2D eigenvalue weighted by Crippen LogP contribution is 2.29. The van der Waals surface area contributed by atoms with Gasteiger partial charge in [0, 0.05) is 31.7 Å². The summed E-state index contributed by atoms with van der Waals surface area (Å²) < 4.78 is 5.38. The van der Waals surface area contributed by atoms with E-state index in [-0.39, 0.29) is 12.1 Å². The zero-order valence-corrected chi connectivity index (χ0v) is 13.7. The minimum atomic E-state index is 0.146. The number of hydrogen-bond donors (Lipinski definition) is 1. The fraction of sp³-hybridized carbons (Fsp3) is 0.647. The third-order valence-corrected chi connectivity index (χ3v) is 4.70. The van der Waals surface area contributed by atoms with Gasteiger partial charge < -0.3 is 15.4 Å².